The van der Waals surface area contributed by atoms with Crippen molar-refractivity contribution in [1.29, 1.82) is 0 Å². The van der Waals surface area contributed by atoms with Crippen LogP contribution in [-0.4, -0.2) is 29.0 Å². The first-order valence-corrected chi connectivity index (χ1v) is 6.42. The van der Waals surface area contributed by atoms with Gasteiger partial charge >= 0.3 is 0 Å². The third kappa shape index (κ3) is 3.54. The van der Waals surface area contributed by atoms with Crippen LogP contribution in [0, 0.1) is 0 Å². The van der Waals surface area contributed by atoms with E-state index < -0.39 is 0 Å². The van der Waals surface area contributed by atoms with Crippen molar-refractivity contribution in [1.82, 2.24) is 15.1 Å². The Hall–Kier alpha value is -0.870. The predicted molar refractivity (Wildman–Crippen MR) is 67.9 cm³/mol. The van der Waals surface area contributed by atoms with Crippen LogP contribution < -0.4 is 5.32 Å². The van der Waals surface area contributed by atoms with E-state index in [-0.39, 0.29) is 5.54 Å². The molecule has 1 fully saturated rings. The summed E-state index contributed by atoms with van der Waals surface area (Å²) in [6.45, 7) is 9.21. The molecule has 2 heterocycles. The Morgan fingerprint density at radius 2 is 2.35 bits per heavy atom. The molecule has 4 heteroatoms. The fourth-order valence-corrected chi connectivity index (χ4v) is 2.00. The Labute approximate surface area is 103 Å². The Bertz CT molecular complexity index is 348. The van der Waals surface area contributed by atoms with Gasteiger partial charge in [-0.05, 0) is 33.6 Å². The smallest absolute Gasteiger partial charge is 0.0700 e. The fourth-order valence-electron chi connectivity index (χ4n) is 2.00. The lowest BCUT2D eigenvalue weighted by atomic mass is 10.1. The van der Waals surface area contributed by atoms with Crippen molar-refractivity contribution in [2.24, 2.45) is 0 Å². The first-order chi connectivity index (χ1) is 8.05. The molecule has 1 aromatic rings. The van der Waals surface area contributed by atoms with Gasteiger partial charge in [0.25, 0.3) is 0 Å². The minimum absolute atomic E-state index is 0.0623. The summed E-state index contributed by atoms with van der Waals surface area (Å²) in [6, 6.07) is 0. The molecule has 0 spiro atoms. The van der Waals surface area contributed by atoms with E-state index in [1.54, 1.807) is 0 Å². The molecule has 1 atom stereocenters. The number of nitrogens with zero attached hydrogens (tertiary/aromatic N) is 2. The Morgan fingerprint density at radius 3 is 2.94 bits per heavy atom. The summed E-state index contributed by atoms with van der Waals surface area (Å²) in [5.41, 5.74) is 1.30. The average molecular weight is 237 g/mol. The fraction of sp³-hybridized carbons (Fsp3) is 0.769. The molecule has 0 bridgehead atoms. The van der Waals surface area contributed by atoms with E-state index in [4.69, 9.17) is 4.74 Å². The largest absolute Gasteiger partial charge is 0.377 e. The first kappa shape index (κ1) is 12.6. The highest BCUT2D eigenvalue weighted by Gasteiger charge is 2.16. The van der Waals surface area contributed by atoms with Crippen LogP contribution in [0.5, 0.6) is 0 Å². The zero-order valence-electron chi connectivity index (χ0n) is 11.1. The van der Waals surface area contributed by atoms with E-state index in [0.29, 0.717) is 6.10 Å². The van der Waals surface area contributed by atoms with E-state index in [2.05, 4.69) is 37.4 Å². The monoisotopic (exact) mass is 237 g/mol. The van der Waals surface area contributed by atoms with E-state index in [0.717, 1.165) is 19.7 Å². The van der Waals surface area contributed by atoms with Gasteiger partial charge in [-0.15, -0.1) is 0 Å². The summed E-state index contributed by atoms with van der Waals surface area (Å²) in [6.07, 6.45) is 6.85. The summed E-state index contributed by atoms with van der Waals surface area (Å²) in [4.78, 5) is 0. The molecule has 1 aliphatic rings. The van der Waals surface area contributed by atoms with Crippen LogP contribution in [0.4, 0.5) is 0 Å². The maximum Gasteiger partial charge on any atom is 0.0700 e. The van der Waals surface area contributed by atoms with Gasteiger partial charge in [0.05, 0.1) is 17.8 Å². The zero-order chi connectivity index (χ0) is 12.3. The molecule has 1 aliphatic heterocycles. The van der Waals surface area contributed by atoms with Gasteiger partial charge in [-0.2, -0.15) is 5.10 Å². The van der Waals surface area contributed by atoms with Crippen LogP contribution in [0.15, 0.2) is 12.4 Å². The predicted octanol–water partition coefficient (Wildman–Crippen LogP) is 1.91. The molecule has 4 nitrogen and oxygen atoms in total. The highest BCUT2D eigenvalue weighted by Crippen LogP contribution is 2.13. The second-order valence-corrected chi connectivity index (χ2v) is 5.73. The number of hydrogen-bond donors (Lipinski definition) is 1. The number of rotatable bonds is 4. The van der Waals surface area contributed by atoms with Crippen LogP contribution in [0.1, 0.15) is 39.2 Å². The molecule has 1 N–H and O–H groups in total. The molecule has 0 aliphatic carbocycles. The Kier molecular flexibility index (Phi) is 3.84. The number of hydrogen-bond acceptors (Lipinski definition) is 3. The SMILES string of the molecule is CC(C)(C)n1cc(CNCC2CCCO2)cn1. The van der Waals surface area contributed by atoms with Crippen LogP contribution in [0.2, 0.25) is 0 Å². The van der Waals surface area contributed by atoms with Crippen molar-refractivity contribution in [3.63, 3.8) is 0 Å². The molecular formula is C13H23N3O. The lowest BCUT2D eigenvalue weighted by Crippen LogP contribution is -2.25. The molecule has 96 valence electrons. The maximum absolute atomic E-state index is 5.57. The molecular weight excluding hydrogens is 214 g/mol. The molecule has 0 radical (unpaired) electrons. The summed E-state index contributed by atoms with van der Waals surface area (Å²) < 4.78 is 7.58. The van der Waals surface area contributed by atoms with E-state index in [9.17, 15) is 0 Å². The molecule has 17 heavy (non-hydrogen) atoms. The molecule has 1 aromatic heterocycles. The van der Waals surface area contributed by atoms with Gasteiger partial charge in [0.1, 0.15) is 0 Å². The summed E-state index contributed by atoms with van der Waals surface area (Å²) >= 11 is 0. The van der Waals surface area contributed by atoms with E-state index in [1.807, 2.05) is 10.9 Å². The van der Waals surface area contributed by atoms with Crippen molar-refractivity contribution >= 4 is 0 Å². The first-order valence-electron chi connectivity index (χ1n) is 6.42. The Morgan fingerprint density at radius 1 is 1.53 bits per heavy atom. The maximum atomic E-state index is 5.57. The quantitative estimate of drug-likeness (QED) is 0.869. The molecule has 1 saturated heterocycles. The van der Waals surface area contributed by atoms with E-state index in [1.165, 1.54) is 18.4 Å². The molecule has 0 saturated carbocycles. The van der Waals surface area contributed by atoms with E-state index >= 15 is 0 Å². The molecule has 0 amide bonds. The topological polar surface area (TPSA) is 39.1 Å². The van der Waals surface area contributed by atoms with Gasteiger partial charge in [0.15, 0.2) is 0 Å². The van der Waals surface area contributed by atoms with Crippen LogP contribution >= 0.6 is 0 Å². The van der Waals surface area contributed by atoms with Gasteiger partial charge < -0.3 is 10.1 Å². The summed E-state index contributed by atoms with van der Waals surface area (Å²) in [5, 5.41) is 7.81. The number of aromatic nitrogens is 2. The second kappa shape index (κ2) is 5.19. The highest BCUT2D eigenvalue weighted by molar-refractivity contribution is 5.04. The van der Waals surface area contributed by atoms with Crippen molar-refractivity contribution in [3.05, 3.63) is 18.0 Å². The minimum Gasteiger partial charge on any atom is -0.377 e. The van der Waals surface area contributed by atoms with Gasteiger partial charge in [-0.3, -0.25) is 4.68 Å². The molecule has 1 unspecified atom stereocenters. The average Bonchev–Trinajstić information content (AvgIpc) is 2.86. The molecule has 2 rings (SSSR count). The van der Waals surface area contributed by atoms with Gasteiger partial charge in [0, 0.05) is 31.5 Å². The zero-order valence-corrected chi connectivity index (χ0v) is 11.1. The lowest BCUT2D eigenvalue weighted by molar-refractivity contribution is 0.110. The van der Waals surface area contributed by atoms with Crippen LogP contribution in [0.25, 0.3) is 0 Å². The Balaban J connectivity index is 1.77. The third-order valence-electron chi connectivity index (χ3n) is 3.05. The summed E-state index contributed by atoms with van der Waals surface area (Å²) in [5.74, 6) is 0. The second-order valence-electron chi connectivity index (χ2n) is 5.73. The summed E-state index contributed by atoms with van der Waals surface area (Å²) in [7, 11) is 0. The third-order valence-corrected chi connectivity index (χ3v) is 3.05. The lowest BCUT2D eigenvalue weighted by Gasteiger charge is -2.18. The number of ether oxygens (including phenoxy) is 1. The van der Waals surface area contributed by atoms with Crippen LogP contribution in [-0.2, 0) is 16.8 Å². The van der Waals surface area contributed by atoms with Crippen molar-refractivity contribution < 1.29 is 4.74 Å². The van der Waals surface area contributed by atoms with Crippen LogP contribution in [0.3, 0.4) is 0 Å². The highest BCUT2D eigenvalue weighted by atomic mass is 16.5. The van der Waals surface area contributed by atoms with Crippen molar-refractivity contribution in [2.45, 2.75) is 51.8 Å². The minimum atomic E-state index is 0.0623. The van der Waals surface area contributed by atoms with Gasteiger partial charge in [0.2, 0.25) is 0 Å². The normalized spacial score (nSPS) is 21.0. The van der Waals surface area contributed by atoms with Gasteiger partial charge in [-0.25, -0.2) is 0 Å². The van der Waals surface area contributed by atoms with Crippen molar-refractivity contribution in [2.75, 3.05) is 13.2 Å². The number of nitrogens with one attached hydrogen (secondary N) is 1. The van der Waals surface area contributed by atoms with Crippen molar-refractivity contribution in [3.8, 4) is 0 Å². The standard InChI is InChI=1S/C13H23N3O/c1-13(2,3)16-10-11(8-15-16)7-14-9-12-5-4-6-17-12/h8,10,12,14H,4-7,9H2,1-3H3. The molecule has 0 aromatic carbocycles. The van der Waals surface area contributed by atoms with Gasteiger partial charge in [-0.1, -0.05) is 0 Å².